The number of nitrogens with one attached hydrogen (secondary N) is 2. The maximum Gasteiger partial charge on any atom is 0.342 e. The van der Waals surface area contributed by atoms with E-state index in [-0.39, 0.29) is 98.8 Å². The molecule has 8 unspecified atom stereocenters. The first-order chi connectivity index (χ1) is 37.2. The van der Waals surface area contributed by atoms with Gasteiger partial charge in [-0.1, -0.05) is 159 Å². The van der Waals surface area contributed by atoms with Crippen LogP contribution in [0.2, 0.25) is 0 Å². The predicted octanol–water partition coefficient (Wildman–Crippen LogP) is 12.3. The quantitative estimate of drug-likeness (QED) is 0.0603. The molecular formula is C65H104N4O12S. The Balaban J connectivity index is 1.91. The summed E-state index contributed by atoms with van der Waals surface area (Å²) in [7, 11) is 0. The number of nitrogens with zero attached hydrogens (tertiary/aromatic N) is 2. The van der Waals surface area contributed by atoms with Gasteiger partial charge in [-0.25, -0.2) is 14.6 Å². The van der Waals surface area contributed by atoms with Crippen molar-refractivity contribution in [2.45, 2.75) is 215 Å². The van der Waals surface area contributed by atoms with E-state index in [4.69, 9.17) is 24.2 Å². The first-order valence-corrected chi connectivity index (χ1v) is 30.8. The Morgan fingerprint density at radius 2 is 1.16 bits per heavy atom. The van der Waals surface area contributed by atoms with Crippen molar-refractivity contribution in [3.05, 3.63) is 35.1 Å². The van der Waals surface area contributed by atoms with Crippen LogP contribution in [0.15, 0.2) is 45.1 Å². The number of hydrogen-bond donors (Lipinski definition) is 4. The molecule has 2 saturated carbocycles. The molecule has 4 aliphatic rings. The second-order valence-corrected chi connectivity index (χ2v) is 32.4. The molecule has 0 aromatic heterocycles. The second kappa shape index (κ2) is 26.2. The first-order valence-electron chi connectivity index (χ1n) is 29.7. The third-order valence-electron chi connectivity index (χ3n) is 17.1. The number of carbonyl (C=O) groups excluding carboxylic acids is 5. The van der Waals surface area contributed by atoms with Crippen LogP contribution in [0.3, 0.4) is 0 Å². The minimum Gasteiger partial charge on any atom is -0.481 e. The smallest absolute Gasteiger partial charge is 0.342 e. The summed E-state index contributed by atoms with van der Waals surface area (Å²) in [4.78, 5) is 106. The number of amides is 2. The number of esters is 3. The molecular weight excluding hydrogens is 1060 g/mol. The number of hydrogen-bond acceptors (Lipinski definition) is 13. The molecule has 82 heavy (non-hydrogen) atoms. The Hall–Kier alpha value is -4.80. The van der Waals surface area contributed by atoms with Gasteiger partial charge in [0.2, 0.25) is 11.8 Å². The summed E-state index contributed by atoms with van der Waals surface area (Å²) in [5.74, 6) is -7.04. The Bertz CT molecular complexity index is 2500. The lowest BCUT2D eigenvalue weighted by Crippen LogP contribution is -2.53. The monoisotopic (exact) mass is 1160 g/mol. The predicted molar refractivity (Wildman–Crippen MR) is 325 cm³/mol. The standard InChI is InChI=1S/C65H104N4O12S/c1-33(2)46-42(66-52(68-58(77)64(19,20)21)48(46)56(75)80-50-38(60(7,8)9)25-36(26-39(50)61(10,11)12)31-79-55(74)35(5)6)29-43-47(34(3)4)49(53(67-43)69-59(78)65(22,23)24)57(76)81-51-40(62(13,14)15)27-37(28-41(51)63(16,17)18)32-82-44(54(72)73)30-45(70)71/h29,33-34,36-41,44,47,49-51,53H,5,25-28,30-32H2,1-4,6-24H3,(H,69,78)(H,70,71)(H,72,73)(H,66,68,77). The summed E-state index contributed by atoms with van der Waals surface area (Å²) in [6, 6.07) is 0. The van der Waals surface area contributed by atoms with Gasteiger partial charge in [0, 0.05) is 51.7 Å². The summed E-state index contributed by atoms with van der Waals surface area (Å²) in [5, 5.41) is 24.4. The van der Waals surface area contributed by atoms with Crippen molar-refractivity contribution in [3.8, 4) is 0 Å². The van der Waals surface area contributed by atoms with Gasteiger partial charge in [-0.05, 0) is 95.3 Å². The summed E-state index contributed by atoms with van der Waals surface area (Å²) in [6.07, 6.45) is 1.56. The average molecular weight is 1170 g/mol. The lowest BCUT2D eigenvalue weighted by Gasteiger charge is -2.51. The van der Waals surface area contributed by atoms with Crippen LogP contribution in [0.5, 0.6) is 0 Å². The van der Waals surface area contributed by atoms with Gasteiger partial charge >= 0.3 is 29.8 Å². The lowest BCUT2D eigenvalue weighted by molar-refractivity contribution is -0.176. The fourth-order valence-corrected chi connectivity index (χ4v) is 13.5. The van der Waals surface area contributed by atoms with Crippen LogP contribution in [0.25, 0.3) is 0 Å². The van der Waals surface area contributed by atoms with Crippen molar-refractivity contribution >= 4 is 65.0 Å². The van der Waals surface area contributed by atoms with Crippen molar-refractivity contribution in [1.29, 1.82) is 0 Å². The van der Waals surface area contributed by atoms with Crippen LogP contribution in [-0.2, 0) is 47.8 Å². The second-order valence-electron chi connectivity index (χ2n) is 31.1. The number of amidine groups is 1. The third-order valence-corrected chi connectivity index (χ3v) is 18.6. The Morgan fingerprint density at radius 3 is 1.56 bits per heavy atom. The van der Waals surface area contributed by atoms with Gasteiger partial charge in [0.1, 0.15) is 41.0 Å². The van der Waals surface area contributed by atoms with E-state index in [2.05, 4.69) is 100 Å². The molecule has 4 N–H and O–H groups in total. The van der Waals surface area contributed by atoms with E-state index < -0.39 is 82.6 Å². The lowest BCUT2D eigenvalue weighted by atomic mass is 9.58. The molecule has 4 rings (SSSR count). The zero-order valence-corrected chi connectivity index (χ0v) is 54.9. The first kappa shape index (κ1) is 69.7. The number of carboxylic acids is 2. The molecule has 462 valence electrons. The van der Waals surface area contributed by atoms with Gasteiger partial charge in [0.05, 0.1) is 18.7 Å². The zero-order chi connectivity index (χ0) is 62.9. The number of carbonyl (C=O) groups is 7. The highest BCUT2D eigenvalue weighted by atomic mass is 32.2. The van der Waals surface area contributed by atoms with E-state index in [1.54, 1.807) is 54.5 Å². The normalized spacial score (nSPS) is 27.6. The fraction of sp³-hybridized carbons (Fsp3) is 0.769. The summed E-state index contributed by atoms with van der Waals surface area (Å²) in [6.45, 7) is 49.6. The summed E-state index contributed by atoms with van der Waals surface area (Å²) < 4.78 is 19.6. The number of allylic oxidation sites excluding steroid dienone is 2. The number of aliphatic imine (C=N–C) groups is 2. The molecule has 0 saturated heterocycles. The molecule has 0 aromatic rings. The van der Waals surface area contributed by atoms with Crippen molar-refractivity contribution < 1.29 is 58.0 Å². The highest BCUT2D eigenvalue weighted by Gasteiger charge is 2.54. The number of carboxylic acid groups (broad SMARTS) is 2. The molecule has 2 amide bonds. The van der Waals surface area contributed by atoms with Crippen LogP contribution < -0.4 is 10.6 Å². The fourth-order valence-electron chi connectivity index (χ4n) is 12.3. The van der Waals surface area contributed by atoms with E-state index in [0.717, 1.165) is 11.8 Å². The molecule has 2 aliphatic heterocycles. The van der Waals surface area contributed by atoms with Crippen molar-refractivity contribution in [1.82, 2.24) is 10.6 Å². The maximum atomic E-state index is 15.6. The van der Waals surface area contributed by atoms with E-state index in [1.165, 1.54) is 0 Å². The van der Waals surface area contributed by atoms with Gasteiger partial charge in [-0.15, -0.1) is 11.8 Å². The van der Waals surface area contributed by atoms with Crippen molar-refractivity contribution in [2.75, 3.05) is 12.4 Å². The maximum absolute atomic E-state index is 15.6. The Kier molecular flexibility index (Phi) is 22.3. The van der Waals surface area contributed by atoms with Gasteiger partial charge < -0.3 is 35.1 Å². The topological polar surface area (TPSA) is 236 Å². The minimum atomic E-state index is -1.18. The van der Waals surface area contributed by atoms with E-state index in [0.29, 0.717) is 54.0 Å². The van der Waals surface area contributed by atoms with Crippen molar-refractivity contribution in [3.63, 3.8) is 0 Å². The molecule has 16 nitrogen and oxygen atoms in total. The Labute approximate surface area is 495 Å². The number of aliphatic carboxylic acids is 2. The summed E-state index contributed by atoms with van der Waals surface area (Å²) >= 11 is 1.15. The molecule has 0 spiro atoms. The van der Waals surface area contributed by atoms with Gasteiger partial charge in [0.15, 0.2) is 0 Å². The molecule has 0 bridgehead atoms. The van der Waals surface area contributed by atoms with Crippen LogP contribution >= 0.6 is 11.8 Å². The van der Waals surface area contributed by atoms with E-state index in [9.17, 15) is 34.2 Å². The molecule has 0 radical (unpaired) electrons. The van der Waals surface area contributed by atoms with Crippen LogP contribution in [0.4, 0.5) is 0 Å². The highest BCUT2D eigenvalue weighted by Crippen LogP contribution is 2.53. The molecule has 8 atom stereocenters. The van der Waals surface area contributed by atoms with Crippen LogP contribution in [0.1, 0.15) is 191 Å². The van der Waals surface area contributed by atoms with Gasteiger partial charge in [0.25, 0.3) is 0 Å². The molecule has 0 aromatic carbocycles. The van der Waals surface area contributed by atoms with Gasteiger partial charge in [-0.3, -0.25) is 29.0 Å². The number of rotatable bonds is 17. The molecule has 2 fully saturated rings. The van der Waals surface area contributed by atoms with Crippen LogP contribution in [0, 0.1) is 91.7 Å². The average Bonchev–Trinajstić information content (AvgIpc) is 3.57. The number of ether oxygens (including phenoxy) is 3. The summed E-state index contributed by atoms with van der Waals surface area (Å²) in [5.41, 5.74) is -1.41. The third kappa shape index (κ3) is 17.6. The number of thioether (sulfide) groups is 1. The Morgan fingerprint density at radius 1 is 0.695 bits per heavy atom. The largest absolute Gasteiger partial charge is 0.481 e. The van der Waals surface area contributed by atoms with Crippen molar-refractivity contribution in [2.24, 2.45) is 102 Å². The molecule has 17 heteroatoms. The highest BCUT2D eigenvalue weighted by molar-refractivity contribution is 8.00. The molecule has 2 aliphatic carbocycles. The van der Waals surface area contributed by atoms with E-state index >= 15 is 9.59 Å². The molecule has 2 heterocycles. The SMILES string of the molecule is C=C(C)C(=O)OCC1CC(C(C)(C)C)C(OC(=O)C2=C(C(C)C)C(=CC3=NC(NC(=O)C(C)(C)C)C(C(=O)OC4C(C(C)(C)C)CC(CSC(CC(=O)O)C(=O)O)CC4C(C)(C)C)C3C(C)C)N=C2NC(=O)C(C)(C)C)C(C(C)(C)C)C1. The van der Waals surface area contributed by atoms with Crippen LogP contribution in [-0.4, -0.2) is 99.4 Å². The van der Waals surface area contributed by atoms with Gasteiger partial charge in [-0.2, -0.15) is 0 Å². The minimum absolute atomic E-state index is 0.00184. The van der Waals surface area contributed by atoms with E-state index in [1.807, 2.05) is 27.7 Å². The zero-order valence-electron chi connectivity index (χ0n) is 54.1.